The monoisotopic (exact) mass is 355 g/mol. The third-order valence-corrected chi connectivity index (χ3v) is 4.31. The molecule has 2 rings (SSSR count). The molecule has 4 heteroatoms. The lowest BCUT2D eigenvalue weighted by Crippen LogP contribution is -2.23. The number of hydrogen-bond acceptors (Lipinski definition) is 1. The van der Waals surface area contributed by atoms with Gasteiger partial charge in [0.05, 0.1) is 11.1 Å². The normalized spacial score (nSPS) is 12.4. The molecule has 0 heterocycles. The van der Waals surface area contributed by atoms with Gasteiger partial charge in [0.25, 0.3) is 0 Å². The predicted molar refractivity (Wildman–Crippen MR) is 85.7 cm³/mol. The van der Waals surface area contributed by atoms with Gasteiger partial charge in [0.15, 0.2) is 0 Å². The lowest BCUT2D eigenvalue weighted by atomic mass is 9.98. The van der Waals surface area contributed by atoms with E-state index in [4.69, 9.17) is 11.6 Å². The lowest BCUT2D eigenvalue weighted by Gasteiger charge is -2.20. The first kappa shape index (κ1) is 15.5. The summed E-state index contributed by atoms with van der Waals surface area (Å²) in [6.45, 7) is 3.00. The molecule has 0 radical (unpaired) electrons. The van der Waals surface area contributed by atoms with Crippen molar-refractivity contribution in [1.29, 1.82) is 0 Å². The van der Waals surface area contributed by atoms with Crippen LogP contribution in [0.2, 0.25) is 5.02 Å². The zero-order chi connectivity index (χ0) is 14.5. The van der Waals surface area contributed by atoms with Gasteiger partial charge in [-0.25, -0.2) is 4.39 Å². The second kappa shape index (κ2) is 7.21. The van der Waals surface area contributed by atoms with E-state index < -0.39 is 0 Å². The minimum Gasteiger partial charge on any atom is -0.306 e. The van der Waals surface area contributed by atoms with Gasteiger partial charge in [0.2, 0.25) is 0 Å². The van der Waals surface area contributed by atoms with Crippen LogP contribution < -0.4 is 5.32 Å². The second-order valence-corrected chi connectivity index (χ2v) is 5.87. The molecule has 0 saturated heterocycles. The van der Waals surface area contributed by atoms with E-state index in [9.17, 15) is 4.39 Å². The molecule has 0 fully saturated rings. The van der Waals surface area contributed by atoms with Crippen LogP contribution in [-0.4, -0.2) is 6.54 Å². The molecule has 0 saturated carbocycles. The molecular weight excluding hydrogens is 341 g/mol. The summed E-state index contributed by atoms with van der Waals surface area (Å²) < 4.78 is 13.9. The Labute approximate surface area is 132 Å². The number of nitrogens with one attached hydrogen (secondary N) is 1. The summed E-state index contributed by atoms with van der Waals surface area (Å²) in [6, 6.07) is 12.5. The Balaban J connectivity index is 2.35. The van der Waals surface area contributed by atoms with Crippen LogP contribution in [0.15, 0.2) is 46.9 Å². The smallest absolute Gasteiger partial charge is 0.123 e. The quantitative estimate of drug-likeness (QED) is 0.763. The topological polar surface area (TPSA) is 12.0 Å². The van der Waals surface area contributed by atoms with E-state index in [1.165, 1.54) is 12.1 Å². The molecule has 2 aromatic rings. The number of halogens is 3. The Bertz CT molecular complexity index is 571. The Morgan fingerprint density at radius 3 is 2.40 bits per heavy atom. The molecule has 2 aromatic carbocycles. The zero-order valence-electron chi connectivity index (χ0n) is 11.2. The van der Waals surface area contributed by atoms with E-state index in [0.717, 1.165) is 28.6 Å². The lowest BCUT2D eigenvalue weighted by molar-refractivity contribution is 0.593. The first-order valence-corrected chi connectivity index (χ1v) is 7.72. The van der Waals surface area contributed by atoms with Crippen LogP contribution in [0.25, 0.3) is 0 Å². The first-order chi connectivity index (χ1) is 9.61. The summed E-state index contributed by atoms with van der Waals surface area (Å²) in [5, 5.41) is 4.15. The van der Waals surface area contributed by atoms with E-state index >= 15 is 0 Å². The summed E-state index contributed by atoms with van der Waals surface area (Å²) in [4.78, 5) is 0. The van der Waals surface area contributed by atoms with Crippen LogP contribution in [0.4, 0.5) is 4.39 Å². The zero-order valence-corrected chi connectivity index (χ0v) is 13.5. The molecular formula is C16H16BrClFN. The van der Waals surface area contributed by atoms with Gasteiger partial charge in [0.1, 0.15) is 5.82 Å². The minimum absolute atomic E-state index is 0.0150. The maximum absolute atomic E-state index is 13.1. The molecule has 0 aromatic heterocycles. The highest BCUT2D eigenvalue weighted by atomic mass is 79.9. The van der Waals surface area contributed by atoms with Gasteiger partial charge < -0.3 is 5.32 Å². The van der Waals surface area contributed by atoms with Crippen LogP contribution in [-0.2, 0) is 0 Å². The van der Waals surface area contributed by atoms with Crippen molar-refractivity contribution in [2.75, 3.05) is 6.54 Å². The molecule has 0 aliphatic carbocycles. The SMILES string of the molecule is CCCNC(c1ccc(F)cc1)c1ccc(Br)c(Cl)c1. The molecule has 20 heavy (non-hydrogen) atoms. The molecule has 1 N–H and O–H groups in total. The van der Waals surface area contributed by atoms with Crippen LogP contribution in [0.3, 0.4) is 0 Å². The highest BCUT2D eigenvalue weighted by molar-refractivity contribution is 9.10. The van der Waals surface area contributed by atoms with Crippen LogP contribution in [0.5, 0.6) is 0 Å². The molecule has 106 valence electrons. The Hall–Kier alpha value is -0.900. The van der Waals surface area contributed by atoms with Gasteiger partial charge in [-0.15, -0.1) is 0 Å². The number of hydrogen-bond donors (Lipinski definition) is 1. The summed E-state index contributed by atoms with van der Waals surface area (Å²) in [6.07, 6.45) is 1.03. The van der Waals surface area contributed by atoms with Crippen molar-refractivity contribution in [3.05, 3.63) is 68.9 Å². The van der Waals surface area contributed by atoms with E-state index in [1.807, 2.05) is 18.2 Å². The van der Waals surface area contributed by atoms with E-state index in [0.29, 0.717) is 5.02 Å². The number of benzene rings is 2. The Kier molecular flexibility index (Phi) is 5.58. The predicted octanol–water partition coefficient (Wildman–Crippen LogP) is 5.33. The molecule has 1 nitrogen and oxygen atoms in total. The maximum Gasteiger partial charge on any atom is 0.123 e. The third kappa shape index (κ3) is 3.81. The van der Waals surface area contributed by atoms with Crippen molar-refractivity contribution in [3.8, 4) is 0 Å². The number of rotatable bonds is 5. The molecule has 1 unspecified atom stereocenters. The van der Waals surface area contributed by atoms with Crippen molar-refractivity contribution in [1.82, 2.24) is 5.32 Å². The standard InChI is InChI=1S/C16H16BrClFN/c1-2-9-20-16(11-3-6-13(19)7-4-11)12-5-8-14(17)15(18)10-12/h3-8,10,16,20H,2,9H2,1H3. The molecule has 0 bridgehead atoms. The average Bonchev–Trinajstić information content (AvgIpc) is 2.45. The van der Waals surface area contributed by atoms with Gasteiger partial charge in [-0.05, 0) is 64.3 Å². The highest BCUT2D eigenvalue weighted by Gasteiger charge is 2.14. The van der Waals surface area contributed by atoms with Gasteiger partial charge in [0, 0.05) is 4.47 Å². The average molecular weight is 357 g/mol. The molecule has 0 spiro atoms. The Morgan fingerprint density at radius 1 is 1.15 bits per heavy atom. The fourth-order valence-electron chi connectivity index (χ4n) is 2.06. The van der Waals surface area contributed by atoms with Gasteiger partial charge in [-0.2, -0.15) is 0 Å². The molecule has 0 aliphatic rings. The van der Waals surface area contributed by atoms with Crippen molar-refractivity contribution in [2.24, 2.45) is 0 Å². The van der Waals surface area contributed by atoms with Gasteiger partial charge >= 0.3 is 0 Å². The van der Waals surface area contributed by atoms with Crippen LogP contribution >= 0.6 is 27.5 Å². The second-order valence-electron chi connectivity index (χ2n) is 4.61. The fraction of sp³-hybridized carbons (Fsp3) is 0.250. The van der Waals surface area contributed by atoms with Crippen molar-refractivity contribution >= 4 is 27.5 Å². The molecule has 1 atom stereocenters. The minimum atomic E-state index is -0.225. The van der Waals surface area contributed by atoms with Crippen LogP contribution in [0, 0.1) is 5.82 Å². The first-order valence-electron chi connectivity index (χ1n) is 6.55. The van der Waals surface area contributed by atoms with Gasteiger partial charge in [-0.3, -0.25) is 0 Å². The summed E-state index contributed by atoms with van der Waals surface area (Å²) in [5.41, 5.74) is 2.09. The van der Waals surface area contributed by atoms with Crippen molar-refractivity contribution < 1.29 is 4.39 Å². The summed E-state index contributed by atoms with van der Waals surface area (Å²) in [7, 11) is 0. The summed E-state index contributed by atoms with van der Waals surface area (Å²) in [5.74, 6) is -0.225. The van der Waals surface area contributed by atoms with Crippen molar-refractivity contribution in [3.63, 3.8) is 0 Å². The van der Waals surface area contributed by atoms with Crippen molar-refractivity contribution in [2.45, 2.75) is 19.4 Å². The molecule has 0 aliphatic heterocycles. The van der Waals surface area contributed by atoms with Gasteiger partial charge in [-0.1, -0.05) is 36.7 Å². The summed E-state index contributed by atoms with van der Waals surface area (Å²) >= 11 is 9.56. The van der Waals surface area contributed by atoms with E-state index in [1.54, 1.807) is 12.1 Å². The fourth-order valence-corrected chi connectivity index (χ4v) is 2.50. The maximum atomic E-state index is 13.1. The molecule has 0 amide bonds. The highest BCUT2D eigenvalue weighted by Crippen LogP contribution is 2.29. The van der Waals surface area contributed by atoms with E-state index in [2.05, 4.69) is 28.2 Å². The van der Waals surface area contributed by atoms with Crippen LogP contribution in [0.1, 0.15) is 30.5 Å². The van der Waals surface area contributed by atoms with E-state index in [-0.39, 0.29) is 11.9 Å². The third-order valence-electron chi connectivity index (χ3n) is 3.08. The Morgan fingerprint density at radius 2 is 1.80 bits per heavy atom. The largest absolute Gasteiger partial charge is 0.306 e.